The highest BCUT2D eigenvalue weighted by molar-refractivity contribution is 6.01. The van der Waals surface area contributed by atoms with Crippen LogP contribution in [-0.2, 0) is 0 Å². The van der Waals surface area contributed by atoms with E-state index in [0.717, 1.165) is 22.4 Å². The van der Waals surface area contributed by atoms with Crippen molar-refractivity contribution in [1.29, 1.82) is 0 Å². The van der Waals surface area contributed by atoms with E-state index in [0.29, 0.717) is 5.56 Å². The molecular formula is C17H19NO. The van der Waals surface area contributed by atoms with Crippen LogP contribution in [0.2, 0.25) is 0 Å². The van der Waals surface area contributed by atoms with E-state index in [9.17, 15) is 4.79 Å². The minimum atomic E-state index is 0.0276. The highest BCUT2D eigenvalue weighted by Crippen LogP contribution is 2.24. The number of hydrogen-bond acceptors (Lipinski definition) is 2. The largest absolute Gasteiger partial charge is 0.294 e. The molecule has 0 aliphatic heterocycles. The van der Waals surface area contributed by atoms with Gasteiger partial charge in [-0.3, -0.25) is 9.79 Å². The number of aliphatic imine (C=N–C) groups is 1. The summed E-state index contributed by atoms with van der Waals surface area (Å²) in [4.78, 5) is 15.6. The average molecular weight is 253 g/mol. The maximum atomic E-state index is 11.6. The molecule has 0 amide bonds. The molecule has 0 N–H and O–H groups in total. The fourth-order valence-corrected chi connectivity index (χ4v) is 1.62. The van der Waals surface area contributed by atoms with Crippen LogP contribution >= 0.6 is 0 Å². The van der Waals surface area contributed by atoms with Crippen LogP contribution in [0, 0.1) is 0 Å². The van der Waals surface area contributed by atoms with E-state index in [1.165, 1.54) is 0 Å². The van der Waals surface area contributed by atoms with Gasteiger partial charge in [0.15, 0.2) is 5.78 Å². The van der Waals surface area contributed by atoms with Crippen molar-refractivity contribution in [2.45, 2.75) is 13.8 Å². The van der Waals surface area contributed by atoms with E-state index in [2.05, 4.69) is 18.2 Å². The Bertz CT molecular complexity index is 577. The fourth-order valence-electron chi connectivity index (χ4n) is 1.62. The highest BCUT2D eigenvalue weighted by Gasteiger charge is 2.09. The first-order valence-corrected chi connectivity index (χ1v) is 6.07. The van der Waals surface area contributed by atoms with E-state index < -0.39 is 0 Å². The zero-order chi connectivity index (χ0) is 14.4. The molecule has 0 atom stereocenters. The van der Waals surface area contributed by atoms with Crippen LogP contribution < -0.4 is 0 Å². The normalized spacial score (nSPS) is 11.6. The first-order chi connectivity index (χ1) is 8.97. The van der Waals surface area contributed by atoms with Gasteiger partial charge in [-0.25, -0.2) is 0 Å². The van der Waals surface area contributed by atoms with Gasteiger partial charge < -0.3 is 0 Å². The predicted octanol–water partition coefficient (Wildman–Crippen LogP) is 4.11. The molecule has 0 unspecified atom stereocenters. The van der Waals surface area contributed by atoms with Crippen molar-refractivity contribution in [3.05, 3.63) is 66.3 Å². The summed E-state index contributed by atoms with van der Waals surface area (Å²) in [7, 11) is 1.74. The van der Waals surface area contributed by atoms with Crippen molar-refractivity contribution < 1.29 is 4.79 Å². The van der Waals surface area contributed by atoms with Crippen molar-refractivity contribution in [3.63, 3.8) is 0 Å². The number of benzene rings is 1. The Morgan fingerprint density at radius 1 is 1.11 bits per heavy atom. The van der Waals surface area contributed by atoms with Crippen molar-refractivity contribution >= 4 is 17.1 Å². The monoisotopic (exact) mass is 253 g/mol. The van der Waals surface area contributed by atoms with E-state index in [-0.39, 0.29) is 5.78 Å². The Hall–Kier alpha value is -2.22. The van der Waals surface area contributed by atoms with Crippen LogP contribution in [0.4, 0.5) is 0 Å². The lowest BCUT2D eigenvalue weighted by Crippen LogP contribution is -1.99. The molecule has 0 spiro atoms. The number of allylic oxidation sites excluding steroid dienone is 4. The van der Waals surface area contributed by atoms with Crippen LogP contribution in [-0.4, -0.2) is 18.5 Å². The summed E-state index contributed by atoms with van der Waals surface area (Å²) >= 11 is 0. The SMILES string of the molecule is C=C(/C=C\C(C)=NC)C(=C)c1ccccc1C(C)=O. The molecule has 0 aromatic heterocycles. The van der Waals surface area contributed by atoms with E-state index in [1.54, 1.807) is 20.0 Å². The third kappa shape index (κ3) is 3.88. The van der Waals surface area contributed by atoms with Gasteiger partial charge in [-0.05, 0) is 36.6 Å². The Labute approximate surface area is 114 Å². The average Bonchev–Trinajstić information content (AvgIpc) is 2.43. The van der Waals surface area contributed by atoms with Gasteiger partial charge in [-0.2, -0.15) is 0 Å². The number of carbonyl (C=O) groups excluding carboxylic acids is 1. The number of rotatable bonds is 5. The molecule has 0 heterocycles. The second kappa shape index (κ2) is 6.64. The molecule has 2 heteroatoms. The number of hydrogen-bond donors (Lipinski definition) is 0. The molecule has 1 rings (SSSR count). The molecule has 1 aromatic carbocycles. The van der Waals surface area contributed by atoms with E-state index in [4.69, 9.17) is 0 Å². The molecule has 98 valence electrons. The molecule has 0 fully saturated rings. The molecule has 0 bridgehead atoms. The number of Topliss-reactive ketones (excluding diaryl/α,β-unsaturated/α-hetero) is 1. The van der Waals surface area contributed by atoms with Crippen LogP contribution in [0.15, 0.2) is 60.1 Å². The van der Waals surface area contributed by atoms with Gasteiger partial charge in [-0.15, -0.1) is 0 Å². The molecule has 2 nitrogen and oxygen atoms in total. The maximum absolute atomic E-state index is 11.6. The molecular weight excluding hydrogens is 234 g/mol. The zero-order valence-corrected chi connectivity index (χ0v) is 11.7. The number of nitrogens with zero attached hydrogens (tertiary/aromatic N) is 1. The Kier molecular flexibility index (Phi) is 5.19. The van der Waals surface area contributed by atoms with Gasteiger partial charge >= 0.3 is 0 Å². The maximum Gasteiger partial charge on any atom is 0.160 e. The number of ketones is 1. The van der Waals surface area contributed by atoms with Crippen LogP contribution in [0.3, 0.4) is 0 Å². The van der Waals surface area contributed by atoms with Gasteiger partial charge in [0, 0.05) is 18.3 Å². The van der Waals surface area contributed by atoms with Crippen LogP contribution in [0.1, 0.15) is 29.8 Å². The summed E-state index contributed by atoms with van der Waals surface area (Å²) in [5, 5.41) is 0. The third-order valence-corrected chi connectivity index (χ3v) is 2.90. The first-order valence-electron chi connectivity index (χ1n) is 6.07. The quantitative estimate of drug-likeness (QED) is 0.441. The Balaban J connectivity index is 3.05. The van der Waals surface area contributed by atoms with Gasteiger partial charge in [-0.1, -0.05) is 43.5 Å². The summed E-state index contributed by atoms with van der Waals surface area (Å²) in [5.41, 5.74) is 3.94. The van der Waals surface area contributed by atoms with Crippen LogP contribution in [0.5, 0.6) is 0 Å². The summed E-state index contributed by atoms with van der Waals surface area (Å²) in [6.45, 7) is 11.5. The second-order valence-electron chi connectivity index (χ2n) is 4.30. The lowest BCUT2D eigenvalue weighted by Gasteiger charge is -2.10. The molecule has 0 saturated heterocycles. The standard InChI is InChI=1S/C17H19NO/c1-12(10-11-13(2)18-5)14(3)16-8-6-7-9-17(16)15(4)19/h6-11H,1,3H2,2,4-5H3/b11-10-,18-13?. The van der Waals surface area contributed by atoms with Crippen molar-refractivity contribution in [2.75, 3.05) is 7.05 Å². The topological polar surface area (TPSA) is 29.4 Å². The lowest BCUT2D eigenvalue weighted by molar-refractivity contribution is 0.101. The molecule has 0 aliphatic rings. The van der Waals surface area contributed by atoms with Gasteiger partial charge in [0.05, 0.1) is 0 Å². The van der Waals surface area contributed by atoms with Gasteiger partial charge in [0.2, 0.25) is 0 Å². The Morgan fingerprint density at radius 2 is 1.68 bits per heavy atom. The third-order valence-electron chi connectivity index (χ3n) is 2.90. The van der Waals surface area contributed by atoms with E-state index in [1.807, 2.05) is 37.3 Å². The second-order valence-corrected chi connectivity index (χ2v) is 4.30. The smallest absolute Gasteiger partial charge is 0.160 e. The first kappa shape index (κ1) is 14.8. The summed E-state index contributed by atoms with van der Waals surface area (Å²) in [6, 6.07) is 7.43. The Morgan fingerprint density at radius 3 is 2.21 bits per heavy atom. The van der Waals surface area contributed by atoms with E-state index >= 15 is 0 Å². The van der Waals surface area contributed by atoms with Crippen LogP contribution in [0.25, 0.3) is 5.57 Å². The van der Waals surface area contributed by atoms with Crippen molar-refractivity contribution in [3.8, 4) is 0 Å². The minimum absolute atomic E-state index is 0.0276. The fraction of sp³-hybridized carbons (Fsp3) is 0.176. The molecule has 0 saturated carbocycles. The summed E-state index contributed by atoms with van der Waals surface area (Å²) < 4.78 is 0. The molecule has 1 aromatic rings. The minimum Gasteiger partial charge on any atom is -0.294 e. The molecule has 19 heavy (non-hydrogen) atoms. The predicted molar refractivity (Wildman–Crippen MR) is 82.8 cm³/mol. The van der Waals surface area contributed by atoms with Crippen molar-refractivity contribution in [2.24, 2.45) is 4.99 Å². The summed E-state index contributed by atoms with van der Waals surface area (Å²) in [6.07, 6.45) is 3.74. The lowest BCUT2D eigenvalue weighted by atomic mass is 9.94. The highest BCUT2D eigenvalue weighted by atomic mass is 16.1. The summed E-state index contributed by atoms with van der Waals surface area (Å²) in [5.74, 6) is 0.0276. The van der Waals surface area contributed by atoms with Crippen molar-refractivity contribution in [1.82, 2.24) is 0 Å². The van der Waals surface area contributed by atoms with Gasteiger partial charge in [0.25, 0.3) is 0 Å². The van der Waals surface area contributed by atoms with Gasteiger partial charge in [0.1, 0.15) is 0 Å². The zero-order valence-electron chi connectivity index (χ0n) is 11.7. The molecule has 0 aliphatic carbocycles. The molecule has 0 radical (unpaired) electrons. The number of carbonyl (C=O) groups is 1.